The average Bonchev–Trinajstić information content (AvgIpc) is 3.13. The minimum absolute atomic E-state index is 0.211. The van der Waals surface area contributed by atoms with E-state index >= 15 is 0 Å². The molecule has 6 nitrogen and oxygen atoms in total. The molecule has 0 unspecified atom stereocenters. The van der Waals surface area contributed by atoms with Crippen molar-refractivity contribution in [3.63, 3.8) is 0 Å². The summed E-state index contributed by atoms with van der Waals surface area (Å²) in [4.78, 5) is 27.4. The molecule has 6 heteroatoms. The number of allylic oxidation sites excluding steroid dienone is 1. The van der Waals surface area contributed by atoms with E-state index in [4.69, 9.17) is 9.47 Å². The molecule has 1 amide bonds. The molecule has 0 bridgehead atoms. The van der Waals surface area contributed by atoms with E-state index < -0.39 is 5.97 Å². The van der Waals surface area contributed by atoms with Crippen LogP contribution in [0, 0.1) is 13.8 Å². The second-order valence-electron chi connectivity index (χ2n) is 7.19. The molecule has 2 heterocycles. The van der Waals surface area contributed by atoms with Crippen molar-refractivity contribution in [2.24, 2.45) is 0 Å². The number of hydrogen-bond donors (Lipinski definition) is 0. The molecule has 0 radical (unpaired) electrons. The van der Waals surface area contributed by atoms with Crippen LogP contribution in [-0.2, 0) is 19.1 Å². The van der Waals surface area contributed by atoms with E-state index in [9.17, 15) is 9.59 Å². The topological polar surface area (TPSA) is 60.8 Å². The maximum Gasteiger partial charge on any atom is 0.340 e. The second-order valence-corrected chi connectivity index (χ2v) is 7.19. The van der Waals surface area contributed by atoms with Crippen LogP contribution >= 0.6 is 0 Å². The fraction of sp³-hybridized carbons (Fsp3) is 0.333. The minimum atomic E-state index is -0.480. The fourth-order valence-corrected chi connectivity index (χ4v) is 3.84. The maximum atomic E-state index is 13.2. The highest BCUT2D eigenvalue weighted by Crippen LogP contribution is 2.33. The number of carbonyl (C=O) groups excluding carboxylic acids is 2. The summed E-state index contributed by atoms with van der Waals surface area (Å²) in [6.07, 6.45) is 1.80. The SMILES string of the molecule is CCOC(=O)C1=C(C)N(CCOC)C(=O)C1=Cc1cc(C)n(-c2ccccc2)c1C. The summed E-state index contributed by atoms with van der Waals surface area (Å²) in [5.74, 6) is -0.691. The molecular weight excluding hydrogens is 380 g/mol. The monoisotopic (exact) mass is 408 g/mol. The van der Waals surface area contributed by atoms with Crippen molar-refractivity contribution in [3.05, 3.63) is 70.2 Å². The Labute approximate surface area is 177 Å². The number of esters is 1. The van der Waals surface area contributed by atoms with Crippen molar-refractivity contribution in [1.29, 1.82) is 0 Å². The third kappa shape index (κ3) is 3.96. The van der Waals surface area contributed by atoms with Crippen molar-refractivity contribution >= 4 is 18.0 Å². The molecule has 0 saturated carbocycles. The summed E-state index contributed by atoms with van der Waals surface area (Å²) in [7, 11) is 1.58. The predicted octanol–water partition coefficient (Wildman–Crippen LogP) is 3.80. The van der Waals surface area contributed by atoms with Crippen molar-refractivity contribution in [1.82, 2.24) is 9.47 Å². The van der Waals surface area contributed by atoms with Crippen LogP contribution in [0.15, 0.2) is 53.2 Å². The Balaban J connectivity index is 2.09. The van der Waals surface area contributed by atoms with Crippen LogP contribution in [0.2, 0.25) is 0 Å². The normalized spacial score (nSPS) is 15.4. The number of carbonyl (C=O) groups is 2. The van der Waals surface area contributed by atoms with Gasteiger partial charge in [-0.2, -0.15) is 0 Å². The van der Waals surface area contributed by atoms with Gasteiger partial charge < -0.3 is 18.9 Å². The Morgan fingerprint density at radius 2 is 1.83 bits per heavy atom. The first kappa shape index (κ1) is 21.6. The highest BCUT2D eigenvalue weighted by Gasteiger charge is 2.37. The predicted molar refractivity (Wildman–Crippen MR) is 116 cm³/mol. The van der Waals surface area contributed by atoms with E-state index in [1.807, 2.05) is 50.2 Å². The van der Waals surface area contributed by atoms with Crippen LogP contribution in [0.25, 0.3) is 11.8 Å². The Hall–Kier alpha value is -3.12. The van der Waals surface area contributed by atoms with Crippen molar-refractivity contribution in [3.8, 4) is 5.69 Å². The molecule has 1 aromatic carbocycles. The van der Waals surface area contributed by atoms with E-state index in [-0.39, 0.29) is 12.5 Å². The molecule has 1 aliphatic heterocycles. The van der Waals surface area contributed by atoms with Crippen LogP contribution in [0.5, 0.6) is 0 Å². The van der Waals surface area contributed by atoms with Gasteiger partial charge in [0.25, 0.3) is 5.91 Å². The molecule has 2 aromatic rings. The van der Waals surface area contributed by atoms with Crippen molar-refractivity contribution in [2.45, 2.75) is 27.7 Å². The number of amides is 1. The van der Waals surface area contributed by atoms with Gasteiger partial charge in [0, 0.05) is 36.4 Å². The summed E-state index contributed by atoms with van der Waals surface area (Å²) in [5, 5.41) is 0. The number of aryl methyl sites for hydroxylation is 1. The smallest absolute Gasteiger partial charge is 0.340 e. The highest BCUT2D eigenvalue weighted by atomic mass is 16.5. The number of nitrogens with zero attached hydrogens (tertiary/aromatic N) is 2. The molecule has 0 atom stereocenters. The lowest BCUT2D eigenvalue weighted by Crippen LogP contribution is -2.28. The lowest BCUT2D eigenvalue weighted by molar-refractivity contribution is -0.138. The van der Waals surface area contributed by atoms with Crippen molar-refractivity contribution < 1.29 is 19.1 Å². The largest absolute Gasteiger partial charge is 0.462 e. The molecule has 0 saturated heterocycles. The first-order valence-corrected chi connectivity index (χ1v) is 10.1. The van der Waals surface area contributed by atoms with E-state index in [1.54, 1.807) is 31.9 Å². The molecule has 0 spiro atoms. The van der Waals surface area contributed by atoms with Crippen LogP contribution in [0.1, 0.15) is 30.8 Å². The summed E-state index contributed by atoms with van der Waals surface area (Å²) in [6.45, 7) is 8.57. The number of ether oxygens (including phenoxy) is 2. The van der Waals surface area contributed by atoms with E-state index in [0.29, 0.717) is 30.0 Å². The van der Waals surface area contributed by atoms with Gasteiger partial charge in [0.05, 0.1) is 24.4 Å². The molecular formula is C24H28N2O4. The number of para-hydroxylation sites is 1. The summed E-state index contributed by atoms with van der Waals surface area (Å²) in [5.41, 5.74) is 5.26. The quantitative estimate of drug-likeness (QED) is 0.516. The van der Waals surface area contributed by atoms with Gasteiger partial charge >= 0.3 is 5.97 Å². The summed E-state index contributed by atoms with van der Waals surface area (Å²) < 4.78 is 12.5. The fourth-order valence-electron chi connectivity index (χ4n) is 3.84. The zero-order valence-corrected chi connectivity index (χ0v) is 18.2. The van der Waals surface area contributed by atoms with Gasteiger partial charge in [-0.3, -0.25) is 4.79 Å². The van der Waals surface area contributed by atoms with Crippen LogP contribution in [0.4, 0.5) is 0 Å². The van der Waals surface area contributed by atoms with Gasteiger partial charge in [0.2, 0.25) is 0 Å². The number of hydrogen-bond acceptors (Lipinski definition) is 4. The highest BCUT2D eigenvalue weighted by molar-refractivity contribution is 6.16. The molecule has 30 heavy (non-hydrogen) atoms. The summed E-state index contributed by atoms with van der Waals surface area (Å²) in [6, 6.07) is 12.1. The Morgan fingerprint density at radius 3 is 2.47 bits per heavy atom. The first-order valence-electron chi connectivity index (χ1n) is 10.1. The first-order chi connectivity index (χ1) is 14.4. The van der Waals surface area contributed by atoms with Gasteiger partial charge in [-0.25, -0.2) is 4.79 Å². The van der Waals surface area contributed by atoms with Crippen molar-refractivity contribution in [2.75, 3.05) is 26.9 Å². The maximum absolute atomic E-state index is 13.2. The van der Waals surface area contributed by atoms with E-state index in [1.165, 1.54) is 0 Å². The van der Waals surface area contributed by atoms with Crippen LogP contribution < -0.4 is 0 Å². The number of benzene rings is 1. The van der Waals surface area contributed by atoms with E-state index in [2.05, 4.69) is 4.57 Å². The third-order valence-electron chi connectivity index (χ3n) is 5.29. The number of methoxy groups -OCH3 is 1. The van der Waals surface area contributed by atoms with Crippen LogP contribution in [0.3, 0.4) is 0 Å². The number of aromatic nitrogens is 1. The number of rotatable bonds is 7. The van der Waals surface area contributed by atoms with Gasteiger partial charge in [-0.15, -0.1) is 0 Å². The molecule has 1 aliphatic rings. The van der Waals surface area contributed by atoms with Gasteiger partial charge in [-0.05, 0) is 57.5 Å². The Bertz CT molecular complexity index is 1020. The van der Waals surface area contributed by atoms with Gasteiger partial charge in [0.15, 0.2) is 0 Å². The average molecular weight is 408 g/mol. The molecule has 1 aromatic heterocycles. The second kappa shape index (κ2) is 9.13. The van der Waals surface area contributed by atoms with E-state index in [0.717, 1.165) is 22.6 Å². The zero-order chi connectivity index (χ0) is 21.8. The lowest BCUT2D eigenvalue weighted by Gasteiger charge is -2.16. The minimum Gasteiger partial charge on any atom is -0.462 e. The third-order valence-corrected chi connectivity index (χ3v) is 5.29. The van der Waals surface area contributed by atoms with Crippen LogP contribution in [-0.4, -0.2) is 48.2 Å². The standard InChI is InChI=1S/C24H28N2O4/c1-6-30-24(28)22-18(4)25(12-13-29-5)23(27)21(22)15-19-14-16(2)26(17(19)3)20-10-8-7-9-11-20/h7-11,14-15H,6,12-13H2,1-5H3. The Kier molecular flexibility index (Phi) is 6.57. The van der Waals surface area contributed by atoms with Gasteiger partial charge in [0.1, 0.15) is 0 Å². The molecule has 0 N–H and O–H groups in total. The molecule has 158 valence electrons. The lowest BCUT2D eigenvalue weighted by atomic mass is 10.0. The van der Waals surface area contributed by atoms with Gasteiger partial charge in [-0.1, -0.05) is 18.2 Å². The zero-order valence-electron chi connectivity index (χ0n) is 18.2. The Morgan fingerprint density at radius 1 is 1.13 bits per heavy atom. The molecule has 3 rings (SSSR count). The summed E-state index contributed by atoms with van der Waals surface area (Å²) >= 11 is 0. The molecule has 0 fully saturated rings. The molecule has 0 aliphatic carbocycles.